The molecule has 27 heavy (non-hydrogen) atoms. The topological polar surface area (TPSA) is 0 Å². The van der Waals surface area contributed by atoms with Crippen LogP contribution in [0.1, 0.15) is 91.9 Å². The number of halogens is 2. The van der Waals surface area contributed by atoms with E-state index in [9.17, 15) is 0 Å². The molecule has 0 aliphatic heterocycles. The summed E-state index contributed by atoms with van der Waals surface area (Å²) in [6.45, 7) is 9.17. The van der Waals surface area contributed by atoms with Crippen molar-refractivity contribution in [1.29, 1.82) is 0 Å². The molecule has 0 amide bonds. The molecular weight excluding hydrogens is 450 g/mol. The van der Waals surface area contributed by atoms with Gasteiger partial charge in [-0.2, -0.15) is 11.1 Å². The van der Waals surface area contributed by atoms with Crippen molar-refractivity contribution in [3.8, 4) is 0 Å². The van der Waals surface area contributed by atoms with Crippen LogP contribution in [0.25, 0.3) is 0 Å². The van der Waals surface area contributed by atoms with Crippen molar-refractivity contribution in [2.45, 2.75) is 91.9 Å². The Bertz CT molecular complexity index is 602. The summed E-state index contributed by atoms with van der Waals surface area (Å²) in [7, 11) is 0. The van der Waals surface area contributed by atoms with Crippen molar-refractivity contribution >= 4 is 28.0 Å². The van der Waals surface area contributed by atoms with Crippen LogP contribution < -0.4 is 0 Å². The predicted octanol–water partition coefficient (Wildman–Crippen LogP) is 8.05. The van der Waals surface area contributed by atoms with Gasteiger partial charge in [0.15, 0.2) is 0 Å². The van der Waals surface area contributed by atoms with E-state index in [0.717, 1.165) is 32.1 Å². The summed E-state index contributed by atoms with van der Waals surface area (Å²) < 4.78 is 1.80. The van der Waals surface area contributed by atoms with Crippen LogP contribution in [-0.2, 0) is 24.2 Å². The molecule has 3 aliphatic rings. The molecule has 1 atom stereocenters. The van der Waals surface area contributed by atoms with E-state index in [1.807, 2.05) is 0 Å². The van der Waals surface area contributed by atoms with Gasteiger partial charge in [0.25, 0.3) is 0 Å². The first-order valence-corrected chi connectivity index (χ1v) is 11.6. The van der Waals surface area contributed by atoms with Gasteiger partial charge in [0.1, 0.15) is 0 Å². The summed E-state index contributed by atoms with van der Waals surface area (Å²) in [5, 5.41) is 0. The second-order valence-electron chi connectivity index (χ2n) is 7.37. The molecule has 1 saturated carbocycles. The maximum absolute atomic E-state index is 3.88. The fourth-order valence-electron chi connectivity index (χ4n) is 4.64. The zero-order valence-electron chi connectivity index (χ0n) is 17.6. The van der Waals surface area contributed by atoms with Crippen molar-refractivity contribution in [1.82, 2.24) is 0 Å². The molecule has 0 radical (unpaired) electrons. The molecule has 3 heteroatoms. The van der Waals surface area contributed by atoms with Gasteiger partial charge in [-0.1, -0.05) is 82.6 Å². The number of hydrogen-bond acceptors (Lipinski definition) is 0. The Morgan fingerprint density at radius 1 is 0.963 bits per heavy atom. The molecule has 0 nitrogen and oxygen atoms in total. The van der Waals surface area contributed by atoms with Gasteiger partial charge in [0.05, 0.1) is 0 Å². The molecule has 1 fully saturated rings. The predicted molar refractivity (Wildman–Crippen MR) is 122 cm³/mol. The van der Waals surface area contributed by atoms with Crippen molar-refractivity contribution < 1.29 is 24.2 Å². The van der Waals surface area contributed by atoms with Crippen LogP contribution in [0, 0.1) is 11.5 Å². The van der Waals surface area contributed by atoms with Crippen LogP contribution in [0.3, 0.4) is 0 Å². The van der Waals surface area contributed by atoms with E-state index in [2.05, 4.69) is 52.0 Å². The first-order valence-electron chi connectivity index (χ1n) is 10.4. The molecule has 0 saturated heterocycles. The van der Waals surface area contributed by atoms with E-state index >= 15 is 0 Å². The van der Waals surface area contributed by atoms with E-state index in [0.29, 0.717) is 0 Å². The molecule has 0 N–H and O–H groups in total. The molecule has 3 aliphatic carbocycles. The average Bonchev–Trinajstić information content (AvgIpc) is 3.28. The molecule has 0 aromatic carbocycles. The Hall–Kier alpha value is 0.293. The van der Waals surface area contributed by atoms with Gasteiger partial charge in [-0.15, -0.1) is 24.8 Å². The molecule has 0 heterocycles. The van der Waals surface area contributed by atoms with Gasteiger partial charge < -0.3 is 0 Å². The van der Waals surface area contributed by atoms with Crippen molar-refractivity contribution in [2.75, 3.05) is 0 Å². The third-order valence-electron chi connectivity index (χ3n) is 5.98. The average molecular weight is 488 g/mol. The zero-order chi connectivity index (χ0) is 18.3. The van der Waals surface area contributed by atoms with Crippen LogP contribution >= 0.6 is 24.8 Å². The SMILES string of the molecule is CCC1=[C-]C(CC)(C2=CC=CC2)C(CC)=C1CC.Cl.Cl.[Zr]=[C]1CCCCC1. The summed E-state index contributed by atoms with van der Waals surface area (Å²) in [5.74, 6) is 0. The maximum atomic E-state index is 3.88. The summed E-state index contributed by atoms with van der Waals surface area (Å²) in [4.78, 5) is 0. The van der Waals surface area contributed by atoms with Crippen molar-refractivity contribution in [3.63, 3.8) is 0 Å². The summed E-state index contributed by atoms with van der Waals surface area (Å²) in [6, 6.07) is 0. The number of allylic oxidation sites excluding steroid dienone is 8. The van der Waals surface area contributed by atoms with Crippen LogP contribution in [0.4, 0.5) is 0 Å². The van der Waals surface area contributed by atoms with Gasteiger partial charge in [-0.05, 0) is 6.42 Å². The summed E-state index contributed by atoms with van der Waals surface area (Å²) >= 11 is 1.69. The minimum atomic E-state index is 0. The minimum absolute atomic E-state index is 0. The fraction of sp³-hybridized carbons (Fsp3) is 0.625. The second-order valence-corrected chi connectivity index (χ2v) is 9.11. The monoisotopic (exact) mass is 485 g/mol. The fourth-order valence-corrected chi connectivity index (χ4v) is 5.51. The summed E-state index contributed by atoms with van der Waals surface area (Å²) in [5.41, 5.74) is 6.38. The van der Waals surface area contributed by atoms with Crippen LogP contribution in [0.5, 0.6) is 0 Å². The molecule has 0 bridgehead atoms. The molecule has 0 spiro atoms. The Kier molecular flexibility index (Phi) is 13.7. The van der Waals surface area contributed by atoms with Crippen molar-refractivity contribution in [2.24, 2.45) is 5.41 Å². The third kappa shape index (κ3) is 6.39. The van der Waals surface area contributed by atoms with Crippen molar-refractivity contribution in [3.05, 3.63) is 46.6 Å². The second kappa shape index (κ2) is 13.5. The quantitative estimate of drug-likeness (QED) is 0.344. The van der Waals surface area contributed by atoms with E-state index in [4.69, 9.17) is 0 Å². The molecular formula is C24H37Cl2Zr-. The Morgan fingerprint density at radius 2 is 1.63 bits per heavy atom. The zero-order valence-corrected chi connectivity index (χ0v) is 21.7. The summed E-state index contributed by atoms with van der Waals surface area (Å²) in [6.07, 6.45) is 23.7. The van der Waals surface area contributed by atoms with Crippen LogP contribution in [0.15, 0.2) is 40.5 Å². The first-order chi connectivity index (χ1) is 12.1. The third-order valence-corrected chi connectivity index (χ3v) is 7.20. The van der Waals surface area contributed by atoms with E-state index < -0.39 is 0 Å². The Labute approximate surface area is 195 Å². The van der Waals surface area contributed by atoms with Gasteiger partial charge in [-0.25, -0.2) is 5.57 Å². The van der Waals surface area contributed by atoms with E-state index in [1.54, 1.807) is 44.2 Å². The van der Waals surface area contributed by atoms with Gasteiger partial charge in [0.2, 0.25) is 0 Å². The van der Waals surface area contributed by atoms with E-state index in [-0.39, 0.29) is 30.2 Å². The Balaban J connectivity index is 0.000000640. The van der Waals surface area contributed by atoms with Gasteiger partial charge >= 0.3 is 59.5 Å². The molecule has 152 valence electrons. The van der Waals surface area contributed by atoms with Crippen LogP contribution in [0.2, 0.25) is 0 Å². The van der Waals surface area contributed by atoms with Gasteiger partial charge in [-0.3, -0.25) is 6.08 Å². The molecule has 1 unspecified atom stereocenters. The number of rotatable bonds is 5. The van der Waals surface area contributed by atoms with Crippen LogP contribution in [-0.4, -0.2) is 3.21 Å². The standard InChI is InChI=1S/C18H25.C6H10.2ClH.Zr/c1-5-14-13-18(8-4,15-11-9-10-12-15)17(7-3)16(14)6-2;1-2-4-6-5-3-1;;;/h9-11H,5-8,12H2,1-4H3;1-5H2;2*1H;/q-1;;;;. The van der Waals surface area contributed by atoms with Gasteiger partial charge in [0, 0.05) is 0 Å². The normalized spacial score (nSPS) is 23.7. The number of hydrogen-bond donors (Lipinski definition) is 0. The molecule has 0 aromatic heterocycles. The molecule has 0 aromatic rings. The van der Waals surface area contributed by atoms with E-state index in [1.165, 1.54) is 37.7 Å². The molecule has 3 rings (SSSR count). The first kappa shape index (κ1) is 27.3. The Morgan fingerprint density at radius 3 is 2.00 bits per heavy atom.